The molecule has 1 aromatic carbocycles. The van der Waals surface area contributed by atoms with E-state index >= 15 is 0 Å². The van der Waals surface area contributed by atoms with Crippen molar-refractivity contribution in [3.8, 4) is 0 Å². The Kier molecular flexibility index (Phi) is 4.80. The topological polar surface area (TPSA) is 58.6 Å². The molecule has 0 aromatic heterocycles. The second-order valence-corrected chi connectivity index (χ2v) is 3.18. The quantitative estimate of drug-likeness (QED) is 0.730. The van der Waals surface area contributed by atoms with Crippen molar-refractivity contribution in [1.82, 2.24) is 5.32 Å². The van der Waals surface area contributed by atoms with E-state index in [9.17, 15) is 4.79 Å². The smallest absolute Gasteiger partial charge is 0.323 e. The molecule has 2 N–H and O–H groups in total. The third kappa shape index (κ3) is 4.10. The lowest BCUT2D eigenvalue weighted by Gasteiger charge is -2.11. The zero-order valence-electron chi connectivity index (χ0n) is 8.64. The van der Waals surface area contributed by atoms with Crippen LogP contribution in [-0.4, -0.2) is 30.8 Å². The molecular weight excluding hydrogens is 194 g/mol. The number of benzene rings is 1. The zero-order chi connectivity index (χ0) is 11.1. The molecule has 0 amide bonds. The molecule has 0 aliphatic heterocycles. The summed E-state index contributed by atoms with van der Waals surface area (Å²) in [5, 5.41) is 11.4. The highest BCUT2D eigenvalue weighted by atomic mass is 16.5. The minimum Gasteiger partial charge on any atom is -0.480 e. The van der Waals surface area contributed by atoms with Crippen LogP contribution in [0.1, 0.15) is 5.56 Å². The molecular formula is C11H15NO3. The van der Waals surface area contributed by atoms with Crippen LogP contribution < -0.4 is 5.32 Å². The highest BCUT2D eigenvalue weighted by molar-refractivity contribution is 5.73. The first-order chi connectivity index (χ1) is 7.24. The number of aliphatic carboxylic acids is 1. The van der Waals surface area contributed by atoms with E-state index in [-0.39, 0.29) is 6.61 Å². The van der Waals surface area contributed by atoms with E-state index in [2.05, 4.69) is 5.32 Å². The number of carboxylic acids is 1. The molecule has 1 rings (SSSR count). The van der Waals surface area contributed by atoms with Gasteiger partial charge in [-0.1, -0.05) is 30.3 Å². The van der Waals surface area contributed by atoms with Gasteiger partial charge in [0.2, 0.25) is 0 Å². The van der Waals surface area contributed by atoms with Gasteiger partial charge in [0.1, 0.15) is 6.04 Å². The van der Waals surface area contributed by atoms with Crippen LogP contribution in [-0.2, 0) is 16.1 Å². The normalized spacial score (nSPS) is 12.3. The maximum Gasteiger partial charge on any atom is 0.323 e. The number of carboxylic acid groups (broad SMARTS) is 1. The van der Waals surface area contributed by atoms with Gasteiger partial charge in [0.05, 0.1) is 13.2 Å². The summed E-state index contributed by atoms with van der Waals surface area (Å²) in [6.45, 7) is 0.604. The van der Waals surface area contributed by atoms with E-state index < -0.39 is 12.0 Å². The lowest BCUT2D eigenvalue weighted by Crippen LogP contribution is -2.37. The average Bonchev–Trinajstić information content (AvgIpc) is 2.25. The Morgan fingerprint density at radius 1 is 1.47 bits per heavy atom. The Hall–Kier alpha value is -1.39. The van der Waals surface area contributed by atoms with Gasteiger partial charge in [-0.2, -0.15) is 0 Å². The first-order valence-corrected chi connectivity index (χ1v) is 4.75. The average molecular weight is 209 g/mol. The summed E-state index contributed by atoms with van der Waals surface area (Å²) >= 11 is 0. The summed E-state index contributed by atoms with van der Waals surface area (Å²) in [6, 6.07) is 9.01. The van der Waals surface area contributed by atoms with Gasteiger partial charge in [-0.15, -0.1) is 0 Å². The summed E-state index contributed by atoms with van der Waals surface area (Å²) in [5.74, 6) is -0.898. The molecule has 0 bridgehead atoms. The second-order valence-electron chi connectivity index (χ2n) is 3.18. The number of hydrogen-bond donors (Lipinski definition) is 2. The van der Waals surface area contributed by atoms with Crippen LogP contribution in [0.15, 0.2) is 30.3 Å². The van der Waals surface area contributed by atoms with Crippen molar-refractivity contribution in [2.45, 2.75) is 12.6 Å². The summed E-state index contributed by atoms with van der Waals surface area (Å²) in [7, 11) is 1.60. The molecule has 15 heavy (non-hydrogen) atoms. The summed E-state index contributed by atoms with van der Waals surface area (Å²) in [5.41, 5.74) is 1.04. The molecule has 0 spiro atoms. The van der Waals surface area contributed by atoms with Gasteiger partial charge in [-0.05, 0) is 12.6 Å². The van der Waals surface area contributed by atoms with E-state index in [1.54, 1.807) is 7.05 Å². The molecule has 1 aromatic rings. The Morgan fingerprint density at radius 2 is 2.13 bits per heavy atom. The third-order valence-electron chi connectivity index (χ3n) is 2.04. The minimum atomic E-state index is -0.898. The molecule has 1 atom stereocenters. The molecule has 0 aliphatic rings. The van der Waals surface area contributed by atoms with Crippen LogP contribution in [0, 0.1) is 0 Å². The van der Waals surface area contributed by atoms with Crippen molar-refractivity contribution in [3.63, 3.8) is 0 Å². The van der Waals surface area contributed by atoms with E-state index in [0.717, 1.165) is 5.56 Å². The summed E-state index contributed by atoms with van der Waals surface area (Å²) < 4.78 is 5.29. The molecule has 0 saturated carbocycles. The molecule has 0 heterocycles. The van der Waals surface area contributed by atoms with E-state index in [1.807, 2.05) is 30.3 Å². The number of ether oxygens (including phenoxy) is 1. The molecule has 82 valence electrons. The van der Waals surface area contributed by atoms with E-state index in [1.165, 1.54) is 0 Å². The lowest BCUT2D eigenvalue weighted by molar-refractivity contribution is -0.141. The minimum absolute atomic E-state index is 0.167. The van der Waals surface area contributed by atoms with Gasteiger partial charge in [-0.3, -0.25) is 4.79 Å². The predicted molar refractivity (Wildman–Crippen MR) is 56.6 cm³/mol. The van der Waals surface area contributed by atoms with Crippen molar-refractivity contribution in [2.24, 2.45) is 0 Å². The van der Waals surface area contributed by atoms with Crippen LogP contribution in [0.2, 0.25) is 0 Å². The largest absolute Gasteiger partial charge is 0.480 e. The molecule has 0 aliphatic carbocycles. The third-order valence-corrected chi connectivity index (χ3v) is 2.04. The standard InChI is InChI=1S/C11H15NO3/c1-12-10(11(13)14)8-15-7-9-5-3-2-4-6-9/h2-6,10,12H,7-8H2,1H3,(H,13,14). The molecule has 0 radical (unpaired) electrons. The lowest BCUT2D eigenvalue weighted by atomic mass is 10.2. The maximum atomic E-state index is 10.6. The van der Waals surface area contributed by atoms with Gasteiger partial charge in [0.25, 0.3) is 0 Å². The summed E-state index contributed by atoms with van der Waals surface area (Å²) in [4.78, 5) is 10.6. The fraction of sp³-hybridized carbons (Fsp3) is 0.364. The second kappa shape index (κ2) is 6.16. The number of rotatable bonds is 6. The van der Waals surface area contributed by atoms with Crippen molar-refractivity contribution < 1.29 is 14.6 Å². The Labute approximate surface area is 88.9 Å². The summed E-state index contributed by atoms with van der Waals surface area (Å²) in [6.07, 6.45) is 0. The van der Waals surface area contributed by atoms with Gasteiger partial charge in [0.15, 0.2) is 0 Å². The Balaban J connectivity index is 2.30. The first-order valence-electron chi connectivity index (χ1n) is 4.75. The van der Waals surface area contributed by atoms with Gasteiger partial charge in [-0.25, -0.2) is 0 Å². The van der Waals surface area contributed by atoms with E-state index in [4.69, 9.17) is 9.84 Å². The number of carbonyl (C=O) groups is 1. The highest BCUT2D eigenvalue weighted by Crippen LogP contribution is 2.00. The Morgan fingerprint density at radius 3 is 2.67 bits per heavy atom. The molecule has 1 unspecified atom stereocenters. The van der Waals surface area contributed by atoms with Crippen molar-refractivity contribution in [2.75, 3.05) is 13.7 Å². The zero-order valence-corrected chi connectivity index (χ0v) is 8.64. The van der Waals surface area contributed by atoms with Crippen molar-refractivity contribution in [1.29, 1.82) is 0 Å². The number of nitrogens with one attached hydrogen (secondary N) is 1. The van der Waals surface area contributed by atoms with Gasteiger partial charge in [0, 0.05) is 0 Å². The molecule has 4 heteroatoms. The monoisotopic (exact) mass is 209 g/mol. The Bertz CT molecular complexity index is 300. The number of hydrogen-bond acceptors (Lipinski definition) is 3. The van der Waals surface area contributed by atoms with Crippen LogP contribution >= 0.6 is 0 Å². The van der Waals surface area contributed by atoms with Crippen molar-refractivity contribution >= 4 is 5.97 Å². The van der Waals surface area contributed by atoms with Gasteiger partial charge < -0.3 is 15.2 Å². The number of likely N-dealkylation sites (N-methyl/N-ethyl adjacent to an activating group) is 1. The van der Waals surface area contributed by atoms with E-state index in [0.29, 0.717) is 6.61 Å². The highest BCUT2D eigenvalue weighted by Gasteiger charge is 2.14. The predicted octanol–water partition coefficient (Wildman–Crippen LogP) is 0.876. The molecule has 4 nitrogen and oxygen atoms in total. The fourth-order valence-corrected chi connectivity index (χ4v) is 1.15. The SMILES string of the molecule is CNC(COCc1ccccc1)C(=O)O. The van der Waals surface area contributed by atoms with Gasteiger partial charge >= 0.3 is 5.97 Å². The first kappa shape index (κ1) is 11.7. The van der Waals surface area contributed by atoms with Crippen LogP contribution in [0.3, 0.4) is 0 Å². The van der Waals surface area contributed by atoms with Crippen LogP contribution in [0.4, 0.5) is 0 Å². The molecule has 0 saturated heterocycles. The fourth-order valence-electron chi connectivity index (χ4n) is 1.15. The van der Waals surface area contributed by atoms with Crippen molar-refractivity contribution in [3.05, 3.63) is 35.9 Å². The van der Waals surface area contributed by atoms with Crippen LogP contribution in [0.5, 0.6) is 0 Å². The molecule has 0 fully saturated rings. The maximum absolute atomic E-state index is 10.6. The van der Waals surface area contributed by atoms with Crippen LogP contribution in [0.25, 0.3) is 0 Å².